The largest absolute Gasteiger partial charge is 0.468 e. The van der Waals surface area contributed by atoms with Crippen LogP contribution in [0, 0.1) is 11.8 Å². The number of nitrogens with zero attached hydrogens (tertiary/aromatic N) is 1. The molecule has 1 fully saturated rings. The summed E-state index contributed by atoms with van der Waals surface area (Å²) in [5.74, 6) is 1.31. The van der Waals surface area contributed by atoms with Gasteiger partial charge < -0.3 is 15.0 Å². The molecule has 0 amide bonds. The Kier molecular flexibility index (Phi) is 7.14. The Morgan fingerprint density at radius 2 is 2.05 bits per heavy atom. The first-order valence-corrected chi connectivity index (χ1v) is 8.41. The minimum absolute atomic E-state index is 0.151. The minimum atomic E-state index is -0.575. The van der Waals surface area contributed by atoms with Crippen LogP contribution in [0.15, 0.2) is 0 Å². The Hall–Kier alpha value is -0.610. The third kappa shape index (κ3) is 4.96. The Balaban J connectivity index is 2.65. The van der Waals surface area contributed by atoms with Crippen LogP contribution < -0.4 is 5.32 Å². The average molecular weight is 298 g/mol. The number of methoxy groups -OCH3 is 1. The molecule has 1 N–H and O–H groups in total. The van der Waals surface area contributed by atoms with Crippen LogP contribution in [0.1, 0.15) is 53.9 Å². The zero-order valence-electron chi connectivity index (χ0n) is 14.7. The van der Waals surface area contributed by atoms with E-state index in [0.717, 1.165) is 44.3 Å². The van der Waals surface area contributed by atoms with Crippen molar-refractivity contribution in [2.45, 2.75) is 65.5 Å². The molecule has 4 heteroatoms. The predicted molar refractivity (Wildman–Crippen MR) is 87.3 cm³/mol. The SMILES string of the molecule is CCCNC(C)(CCN1CC(C)CC(C)C1C)C(=O)OC. The van der Waals surface area contributed by atoms with Crippen molar-refractivity contribution >= 4 is 5.97 Å². The smallest absolute Gasteiger partial charge is 0.325 e. The highest BCUT2D eigenvalue weighted by atomic mass is 16.5. The van der Waals surface area contributed by atoms with Crippen LogP contribution in [0.25, 0.3) is 0 Å². The van der Waals surface area contributed by atoms with Gasteiger partial charge in [0, 0.05) is 19.1 Å². The molecule has 0 spiro atoms. The molecule has 21 heavy (non-hydrogen) atoms. The van der Waals surface area contributed by atoms with E-state index >= 15 is 0 Å². The van der Waals surface area contributed by atoms with Crippen molar-refractivity contribution < 1.29 is 9.53 Å². The van der Waals surface area contributed by atoms with Crippen LogP contribution >= 0.6 is 0 Å². The van der Waals surface area contributed by atoms with Gasteiger partial charge in [-0.05, 0) is 51.5 Å². The van der Waals surface area contributed by atoms with Crippen molar-refractivity contribution in [3.8, 4) is 0 Å². The number of carbonyl (C=O) groups excluding carboxylic acids is 1. The molecule has 1 aliphatic rings. The summed E-state index contributed by atoms with van der Waals surface area (Å²) < 4.78 is 5.00. The third-order valence-corrected chi connectivity index (χ3v) is 5.02. The van der Waals surface area contributed by atoms with Gasteiger partial charge in [0.2, 0.25) is 0 Å². The van der Waals surface area contributed by atoms with E-state index in [1.165, 1.54) is 13.5 Å². The van der Waals surface area contributed by atoms with Gasteiger partial charge >= 0.3 is 5.97 Å². The van der Waals surface area contributed by atoms with Crippen LogP contribution in [0.3, 0.4) is 0 Å². The highest BCUT2D eigenvalue weighted by molar-refractivity contribution is 5.80. The van der Waals surface area contributed by atoms with Gasteiger partial charge in [-0.1, -0.05) is 20.8 Å². The summed E-state index contributed by atoms with van der Waals surface area (Å²) >= 11 is 0. The van der Waals surface area contributed by atoms with Gasteiger partial charge in [-0.15, -0.1) is 0 Å². The first-order chi connectivity index (χ1) is 9.84. The van der Waals surface area contributed by atoms with Crippen molar-refractivity contribution in [1.29, 1.82) is 0 Å². The molecule has 4 nitrogen and oxygen atoms in total. The molecule has 0 aromatic rings. The number of nitrogens with one attached hydrogen (secondary N) is 1. The van der Waals surface area contributed by atoms with Crippen molar-refractivity contribution in [3.05, 3.63) is 0 Å². The van der Waals surface area contributed by atoms with Gasteiger partial charge in [-0.25, -0.2) is 0 Å². The molecule has 0 saturated carbocycles. The van der Waals surface area contributed by atoms with Crippen molar-refractivity contribution in [1.82, 2.24) is 10.2 Å². The minimum Gasteiger partial charge on any atom is -0.468 e. The lowest BCUT2D eigenvalue weighted by Gasteiger charge is -2.42. The summed E-state index contributed by atoms with van der Waals surface area (Å²) in [6.45, 7) is 14.0. The number of piperidine rings is 1. The molecule has 0 radical (unpaired) electrons. The molecule has 0 aliphatic carbocycles. The number of esters is 1. The molecule has 1 saturated heterocycles. The van der Waals surface area contributed by atoms with Crippen molar-refractivity contribution in [3.63, 3.8) is 0 Å². The Morgan fingerprint density at radius 1 is 1.38 bits per heavy atom. The Bertz CT molecular complexity index is 335. The van der Waals surface area contributed by atoms with Crippen LogP contribution in [0.4, 0.5) is 0 Å². The van der Waals surface area contributed by atoms with Gasteiger partial charge in [0.15, 0.2) is 0 Å². The maximum Gasteiger partial charge on any atom is 0.325 e. The second-order valence-corrected chi connectivity index (χ2v) is 7.05. The van der Waals surface area contributed by atoms with E-state index < -0.39 is 5.54 Å². The summed E-state index contributed by atoms with van der Waals surface area (Å²) in [7, 11) is 1.47. The molecule has 1 heterocycles. The van der Waals surface area contributed by atoms with Gasteiger partial charge in [0.1, 0.15) is 5.54 Å². The number of ether oxygens (including phenoxy) is 1. The van der Waals surface area contributed by atoms with Gasteiger partial charge in [0.25, 0.3) is 0 Å². The second kappa shape index (κ2) is 8.14. The van der Waals surface area contributed by atoms with E-state index in [0.29, 0.717) is 6.04 Å². The molecular weight excluding hydrogens is 264 g/mol. The fraction of sp³-hybridized carbons (Fsp3) is 0.941. The predicted octanol–water partition coefficient (Wildman–Crippen LogP) is 2.67. The normalized spacial score (nSPS) is 29.9. The molecule has 0 aromatic heterocycles. The highest BCUT2D eigenvalue weighted by Gasteiger charge is 2.36. The summed E-state index contributed by atoms with van der Waals surface area (Å²) in [4.78, 5) is 14.7. The van der Waals surface area contributed by atoms with Crippen molar-refractivity contribution in [2.75, 3.05) is 26.7 Å². The lowest BCUT2D eigenvalue weighted by Crippen LogP contribution is -2.54. The third-order valence-electron chi connectivity index (χ3n) is 5.02. The fourth-order valence-electron chi connectivity index (χ4n) is 3.38. The first kappa shape index (κ1) is 18.4. The summed E-state index contributed by atoms with van der Waals surface area (Å²) in [6, 6.07) is 0.592. The van der Waals surface area contributed by atoms with Crippen LogP contribution in [0.2, 0.25) is 0 Å². The van der Waals surface area contributed by atoms with E-state index in [1.807, 2.05) is 6.92 Å². The van der Waals surface area contributed by atoms with Gasteiger partial charge in [-0.2, -0.15) is 0 Å². The van der Waals surface area contributed by atoms with E-state index in [4.69, 9.17) is 4.74 Å². The first-order valence-electron chi connectivity index (χ1n) is 8.41. The van der Waals surface area contributed by atoms with E-state index in [2.05, 4.69) is 37.9 Å². The Labute approximate surface area is 130 Å². The fourth-order valence-corrected chi connectivity index (χ4v) is 3.38. The van der Waals surface area contributed by atoms with E-state index in [1.54, 1.807) is 0 Å². The zero-order valence-corrected chi connectivity index (χ0v) is 14.7. The van der Waals surface area contributed by atoms with Crippen molar-refractivity contribution in [2.24, 2.45) is 11.8 Å². The molecule has 0 bridgehead atoms. The lowest BCUT2D eigenvalue weighted by atomic mass is 9.85. The monoisotopic (exact) mass is 298 g/mol. The molecule has 4 unspecified atom stereocenters. The molecule has 1 aliphatic heterocycles. The number of hydrogen-bond acceptors (Lipinski definition) is 4. The number of carbonyl (C=O) groups is 1. The zero-order chi connectivity index (χ0) is 16.0. The maximum atomic E-state index is 12.1. The molecule has 124 valence electrons. The van der Waals surface area contributed by atoms with E-state index in [9.17, 15) is 4.79 Å². The summed E-state index contributed by atoms with van der Waals surface area (Å²) in [5.41, 5.74) is -0.575. The number of hydrogen-bond donors (Lipinski definition) is 1. The second-order valence-electron chi connectivity index (χ2n) is 7.05. The lowest BCUT2D eigenvalue weighted by molar-refractivity contribution is -0.148. The number of likely N-dealkylation sites (tertiary alicyclic amines) is 1. The quantitative estimate of drug-likeness (QED) is 0.734. The maximum absolute atomic E-state index is 12.1. The molecule has 1 rings (SSSR count). The van der Waals surface area contributed by atoms with Crippen LogP contribution in [-0.4, -0.2) is 49.2 Å². The summed E-state index contributed by atoms with van der Waals surface area (Å²) in [5, 5.41) is 3.37. The topological polar surface area (TPSA) is 41.6 Å². The molecule has 4 atom stereocenters. The van der Waals surface area contributed by atoms with Gasteiger partial charge in [-0.3, -0.25) is 4.79 Å². The standard InChI is InChI=1S/C17H34N2O2/c1-7-9-18-17(5,16(20)21-6)8-10-19-12-13(2)11-14(3)15(19)4/h13-15,18H,7-12H2,1-6H3. The molecular formula is C17H34N2O2. The average Bonchev–Trinajstić information content (AvgIpc) is 2.46. The summed E-state index contributed by atoms with van der Waals surface area (Å²) in [6.07, 6.45) is 3.12. The van der Waals surface area contributed by atoms with Crippen LogP contribution in [-0.2, 0) is 9.53 Å². The van der Waals surface area contributed by atoms with Crippen LogP contribution in [0.5, 0.6) is 0 Å². The molecule has 0 aromatic carbocycles. The van der Waals surface area contributed by atoms with E-state index in [-0.39, 0.29) is 5.97 Å². The number of rotatable bonds is 7. The Morgan fingerprint density at radius 3 is 2.62 bits per heavy atom. The highest BCUT2D eigenvalue weighted by Crippen LogP contribution is 2.27. The van der Waals surface area contributed by atoms with Gasteiger partial charge in [0.05, 0.1) is 7.11 Å².